The van der Waals surface area contributed by atoms with Gasteiger partial charge in [0.1, 0.15) is 5.82 Å². The lowest BCUT2D eigenvalue weighted by atomic mass is 9.95. The van der Waals surface area contributed by atoms with Crippen molar-refractivity contribution in [1.29, 1.82) is 0 Å². The molecule has 2 aliphatic heterocycles. The van der Waals surface area contributed by atoms with Gasteiger partial charge in [0.25, 0.3) is 0 Å². The lowest BCUT2D eigenvalue weighted by Crippen LogP contribution is -2.35. The highest BCUT2D eigenvalue weighted by Gasteiger charge is 2.31. The molecule has 0 unspecified atom stereocenters. The van der Waals surface area contributed by atoms with Crippen LogP contribution in [0.15, 0.2) is 35.7 Å². The third-order valence-electron chi connectivity index (χ3n) is 6.48. The first-order valence-corrected chi connectivity index (χ1v) is 11.8. The van der Waals surface area contributed by atoms with Gasteiger partial charge in [-0.05, 0) is 68.3 Å². The van der Waals surface area contributed by atoms with Gasteiger partial charge in [-0.15, -0.1) is 21.5 Å². The number of alkyl halides is 3. The van der Waals surface area contributed by atoms with E-state index in [0.29, 0.717) is 12.3 Å². The molecule has 2 aliphatic rings. The van der Waals surface area contributed by atoms with E-state index in [9.17, 15) is 13.2 Å². The predicted molar refractivity (Wildman–Crippen MR) is 115 cm³/mol. The van der Waals surface area contributed by atoms with Gasteiger partial charge in [0, 0.05) is 29.4 Å². The summed E-state index contributed by atoms with van der Waals surface area (Å²) in [4.78, 5) is 3.76. The molecule has 0 amide bonds. The molecule has 164 valence electrons. The van der Waals surface area contributed by atoms with Crippen LogP contribution in [0, 0.1) is 0 Å². The average molecular weight is 447 g/mol. The van der Waals surface area contributed by atoms with Crippen molar-refractivity contribution in [2.75, 3.05) is 19.6 Å². The quantitative estimate of drug-likeness (QED) is 0.539. The molecule has 2 aromatic heterocycles. The zero-order chi connectivity index (χ0) is 21.4. The van der Waals surface area contributed by atoms with Gasteiger partial charge in [-0.2, -0.15) is 13.2 Å². The van der Waals surface area contributed by atoms with Crippen molar-refractivity contribution in [2.45, 2.75) is 50.7 Å². The van der Waals surface area contributed by atoms with Crippen LogP contribution in [0.2, 0.25) is 0 Å². The summed E-state index contributed by atoms with van der Waals surface area (Å²) in [5, 5.41) is 11.3. The van der Waals surface area contributed by atoms with E-state index in [1.54, 1.807) is 17.4 Å². The third-order valence-corrected chi connectivity index (χ3v) is 7.46. The molecule has 0 atom stereocenters. The molecule has 0 N–H and O–H groups in total. The van der Waals surface area contributed by atoms with E-state index >= 15 is 0 Å². The Hall–Kier alpha value is -2.19. The molecule has 1 aromatic carbocycles. The van der Waals surface area contributed by atoms with Crippen molar-refractivity contribution in [3.63, 3.8) is 0 Å². The first kappa shape index (κ1) is 20.7. The minimum absolute atomic E-state index is 0.395. The summed E-state index contributed by atoms with van der Waals surface area (Å²) in [5.74, 6) is 2.51. The van der Waals surface area contributed by atoms with E-state index < -0.39 is 11.7 Å². The number of fused-ring (bicyclic) bond motifs is 3. The summed E-state index contributed by atoms with van der Waals surface area (Å²) in [5.41, 5.74) is 1.41. The average Bonchev–Trinajstić information content (AvgIpc) is 3.36. The van der Waals surface area contributed by atoms with E-state index in [1.165, 1.54) is 22.6 Å². The normalized spacial score (nSPS) is 17.9. The highest BCUT2D eigenvalue weighted by atomic mass is 32.1. The Morgan fingerprint density at radius 1 is 1.06 bits per heavy atom. The van der Waals surface area contributed by atoms with Crippen LogP contribution in [-0.4, -0.2) is 39.3 Å². The maximum absolute atomic E-state index is 12.9. The summed E-state index contributed by atoms with van der Waals surface area (Å²) in [6.07, 6.45) is 0.587. The number of thiophene rings is 1. The Morgan fingerprint density at radius 2 is 1.90 bits per heavy atom. The van der Waals surface area contributed by atoms with Crippen LogP contribution in [0.4, 0.5) is 13.2 Å². The van der Waals surface area contributed by atoms with Gasteiger partial charge in [-0.25, -0.2) is 0 Å². The van der Waals surface area contributed by atoms with Crippen LogP contribution in [0.1, 0.15) is 47.0 Å². The molecule has 4 nitrogen and oxygen atoms in total. The smallest absolute Gasteiger partial charge is 0.311 e. The van der Waals surface area contributed by atoms with Gasteiger partial charge in [-0.1, -0.05) is 18.2 Å². The number of aryl methyl sites for hydroxylation is 1. The fourth-order valence-electron chi connectivity index (χ4n) is 4.77. The lowest BCUT2D eigenvalue weighted by molar-refractivity contribution is -0.137. The number of rotatable bonds is 4. The van der Waals surface area contributed by atoms with Gasteiger partial charge in [0.15, 0.2) is 5.82 Å². The maximum Gasteiger partial charge on any atom is 0.416 e. The second-order valence-corrected chi connectivity index (χ2v) is 9.46. The Morgan fingerprint density at radius 3 is 2.71 bits per heavy atom. The number of hydrogen-bond donors (Lipinski definition) is 0. The van der Waals surface area contributed by atoms with E-state index in [2.05, 4.69) is 31.1 Å². The van der Waals surface area contributed by atoms with Crippen molar-refractivity contribution in [1.82, 2.24) is 19.7 Å². The van der Waals surface area contributed by atoms with Gasteiger partial charge in [-0.3, -0.25) is 0 Å². The van der Waals surface area contributed by atoms with Gasteiger partial charge in [0.2, 0.25) is 0 Å². The molecule has 8 heteroatoms. The molecule has 0 radical (unpaired) electrons. The summed E-state index contributed by atoms with van der Waals surface area (Å²) >= 11 is 1.80. The molecule has 3 aromatic rings. The third kappa shape index (κ3) is 4.28. The van der Waals surface area contributed by atoms with Gasteiger partial charge in [0.05, 0.1) is 5.56 Å². The standard InChI is InChI=1S/C23H25F3N4S/c24-23(25,26)18-4-1-3-16(15-18)6-11-29-12-7-17(8-13-29)21-27-28-22-19-9-14-31-20(19)5-2-10-30(21)22/h1,3-4,9,14-15,17H,2,5-8,10-13H2. The van der Waals surface area contributed by atoms with Crippen molar-refractivity contribution in [2.24, 2.45) is 0 Å². The van der Waals surface area contributed by atoms with Crippen LogP contribution < -0.4 is 0 Å². The van der Waals surface area contributed by atoms with E-state index in [1.807, 2.05) is 0 Å². The Kier molecular flexibility index (Phi) is 5.60. The summed E-state index contributed by atoms with van der Waals surface area (Å²) in [7, 11) is 0. The molecule has 0 saturated carbocycles. The highest BCUT2D eigenvalue weighted by molar-refractivity contribution is 7.10. The fourth-order valence-corrected chi connectivity index (χ4v) is 5.69. The Labute approximate surface area is 183 Å². The van der Waals surface area contributed by atoms with Crippen LogP contribution in [-0.2, 0) is 25.6 Å². The molecule has 0 bridgehead atoms. The maximum atomic E-state index is 12.9. The molecule has 31 heavy (non-hydrogen) atoms. The molecular weight excluding hydrogens is 421 g/mol. The van der Waals surface area contributed by atoms with Gasteiger partial charge >= 0.3 is 6.18 Å². The second-order valence-electron chi connectivity index (χ2n) is 8.46. The summed E-state index contributed by atoms with van der Waals surface area (Å²) in [6, 6.07) is 7.85. The largest absolute Gasteiger partial charge is 0.416 e. The van der Waals surface area contributed by atoms with Gasteiger partial charge < -0.3 is 9.47 Å². The number of hydrogen-bond acceptors (Lipinski definition) is 4. The zero-order valence-corrected chi connectivity index (χ0v) is 18.1. The van der Waals surface area contributed by atoms with Crippen LogP contribution in [0.5, 0.6) is 0 Å². The number of piperidine rings is 1. The molecule has 0 spiro atoms. The molecular formula is C23H25F3N4S. The molecule has 1 saturated heterocycles. The SMILES string of the molecule is FC(F)(F)c1cccc(CCN2CCC(c3nnc4n3CCCc3sccc3-4)CC2)c1. The first-order chi connectivity index (χ1) is 15.0. The molecule has 1 fully saturated rings. The first-order valence-electron chi connectivity index (χ1n) is 10.9. The minimum atomic E-state index is -4.28. The number of halogens is 3. The number of likely N-dealkylation sites (tertiary alicyclic amines) is 1. The topological polar surface area (TPSA) is 34.0 Å². The van der Waals surface area contributed by atoms with E-state index in [-0.39, 0.29) is 0 Å². The number of aromatic nitrogens is 3. The van der Waals surface area contributed by atoms with Crippen molar-refractivity contribution in [3.05, 3.63) is 57.5 Å². The second kappa shape index (κ2) is 8.39. The lowest BCUT2D eigenvalue weighted by Gasteiger charge is -2.31. The molecule has 4 heterocycles. The predicted octanol–water partition coefficient (Wildman–Crippen LogP) is 5.39. The number of nitrogens with zero attached hydrogens (tertiary/aromatic N) is 4. The Bertz CT molecular complexity index is 1050. The molecule has 5 rings (SSSR count). The number of benzene rings is 1. The fraction of sp³-hybridized carbons (Fsp3) is 0.478. The highest BCUT2D eigenvalue weighted by Crippen LogP contribution is 2.35. The summed E-state index contributed by atoms with van der Waals surface area (Å²) < 4.78 is 41.1. The van der Waals surface area contributed by atoms with Crippen molar-refractivity contribution in [3.8, 4) is 11.4 Å². The Balaban J connectivity index is 1.21. The van der Waals surface area contributed by atoms with E-state index in [0.717, 1.165) is 75.1 Å². The van der Waals surface area contributed by atoms with Crippen LogP contribution >= 0.6 is 11.3 Å². The minimum Gasteiger partial charge on any atom is -0.311 e. The van der Waals surface area contributed by atoms with Crippen molar-refractivity contribution < 1.29 is 13.2 Å². The zero-order valence-electron chi connectivity index (χ0n) is 17.2. The van der Waals surface area contributed by atoms with Crippen molar-refractivity contribution >= 4 is 11.3 Å². The molecule has 0 aliphatic carbocycles. The van der Waals surface area contributed by atoms with E-state index in [4.69, 9.17) is 0 Å². The van der Waals surface area contributed by atoms with Crippen LogP contribution in [0.25, 0.3) is 11.4 Å². The summed E-state index contributed by atoms with van der Waals surface area (Å²) in [6.45, 7) is 3.63. The van der Waals surface area contributed by atoms with Crippen LogP contribution in [0.3, 0.4) is 0 Å². The monoisotopic (exact) mass is 446 g/mol.